The third-order valence-corrected chi connectivity index (χ3v) is 6.10. The zero-order valence-corrected chi connectivity index (χ0v) is 12.7. The van der Waals surface area contributed by atoms with Gasteiger partial charge in [0.1, 0.15) is 9.34 Å². The highest BCUT2D eigenvalue weighted by molar-refractivity contribution is 9.10. The number of halogens is 2. The summed E-state index contributed by atoms with van der Waals surface area (Å²) in [5.74, 6) is 0. The van der Waals surface area contributed by atoms with Gasteiger partial charge in [-0.25, -0.2) is 4.98 Å². The van der Waals surface area contributed by atoms with Crippen LogP contribution >= 0.6 is 50.2 Å². The number of hydrogen-bond donors (Lipinski definition) is 1. The summed E-state index contributed by atoms with van der Waals surface area (Å²) in [5, 5.41) is 0.988. The Labute approximate surface area is 116 Å². The monoisotopic (exact) mass is 336 g/mol. The van der Waals surface area contributed by atoms with E-state index in [0.717, 1.165) is 29.3 Å². The summed E-state index contributed by atoms with van der Waals surface area (Å²) in [6.07, 6.45) is 0. The molecule has 0 aliphatic heterocycles. The van der Waals surface area contributed by atoms with Crippen LogP contribution in [0, 0.1) is 6.92 Å². The molecule has 1 unspecified atom stereocenters. The van der Waals surface area contributed by atoms with E-state index < -0.39 is 0 Å². The standard InChI is InChI=1S/C10H10BrClN2S2/c1-4(13)8-5(2)14-10(16-8)7-3-6(11)9(12)15-7/h3-4H,13H2,1-2H3. The lowest BCUT2D eigenvalue weighted by Gasteiger charge is -1.99. The number of nitrogens with zero attached hydrogens (tertiary/aromatic N) is 1. The van der Waals surface area contributed by atoms with Crippen LogP contribution in [0.3, 0.4) is 0 Å². The summed E-state index contributed by atoms with van der Waals surface area (Å²) in [5.41, 5.74) is 6.89. The summed E-state index contributed by atoms with van der Waals surface area (Å²) < 4.78 is 1.68. The largest absolute Gasteiger partial charge is 0.323 e. The predicted octanol–water partition coefficient (Wildman–Crippen LogP) is 4.62. The highest BCUT2D eigenvalue weighted by Gasteiger charge is 2.15. The van der Waals surface area contributed by atoms with Gasteiger partial charge in [0.2, 0.25) is 0 Å². The van der Waals surface area contributed by atoms with Crippen molar-refractivity contribution in [1.29, 1.82) is 0 Å². The molecule has 6 heteroatoms. The number of rotatable bonds is 2. The van der Waals surface area contributed by atoms with Crippen LogP contribution in [0.25, 0.3) is 9.88 Å². The first-order valence-electron chi connectivity index (χ1n) is 4.67. The Morgan fingerprint density at radius 1 is 1.50 bits per heavy atom. The second-order valence-electron chi connectivity index (χ2n) is 3.49. The molecule has 0 saturated carbocycles. The van der Waals surface area contributed by atoms with Gasteiger partial charge in [0.05, 0.1) is 10.6 Å². The molecule has 1 atom stereocenters. The van der Waals surface area contributed by atoms with E-state index in [1.54, 1.807) is 11.3 Å². The van der Waals surface area contributed by atoms with E-state index in [4.69, 9.17) is 17.3 Å². The molecule has 0 aliphatic carbocycles. The Hall–Kier alpha value is 0.0600. The van der Waals surface area contributed by atoms with Crippen molar-refractivity contribution in [3.8, 4) is 9.88 Å². The Morgan fingerprint density at radius 2 is 2.19 bits per heavy atom. The van der Waals surface area contributed by atoms with E-state index in [1.165, 1.54) is 11.3 Å². The number of aromatic nitrogens is 1. The van der Waals surface area contributed by atoms with Crippen molar-refractivity contribution in [1.82, 2.24) is 4.98 Å². The van der Waals surface area contributed by atoms with E-state index in [9.17, 15) is 0 Å². The molecule has 0 aliphatic rings. The fourth-order valence-electron chi connectivity index (χ4n) is 1.39. The van der Waals surface area contributed by atoms with Crippen LogP contribution in [0.4, 0.5) is 0 Å². The average Bonchev–Trinajstić information content (AvgIpc) is 2.71. The molecular weight excluding hydrogens is 328 g/mol. The van der Waals surface area contributed by atoms with Crippen molar-refractivity contribution in [3.63, 3.8) is 0 Å². The zero-order valence-electron chi connectivity index (χ0n) is 8.75. The molecule has 2 nitrogen and oxygen atoms in total. The number of thiazole rings is 1. The average molecular weight is 338 g/mol. The van der Waals surface area contributed by atoms with Crippen LogP contribution in [0.1, 0.15) is 23.5 Å². The molecule has 0 saturated heterocycles. The fourth-order valence-corrected chi connectivity index (χ4v) is 4.15. The SMILES string of the molecule is Cc1nc(-c2cc(Br)c(Cl)s2)sc1C(C)N. The van der Waals surface area contributed by atoms with Gasteiger partial charge in [-0.1, -0.05) is 11.6 Å². The first-order valence-corrected chi connectivity index (χ1v) is 7.47. The molecule has 0 radical (unpaired) electrons. The molecule has 86 valence electrons. The molecule has 2 N–H and O–H groups in total. The Kier molecular flexibility index (Phi) is 3.71. The fraction of sp³-hybridized carbons (Fsp3) is 0.300. The van der Waals surface area contributed by atoms with Crippen LogP contribution in [0.5, 0.6) is 0 Å². The molecule has 0 amide bonds. The van der Waals surface area contributed by atoms with E-state index in [0.29, 0.717) is 0 Å². The van der Waals surface area contributed by atoms with Crippen LogP contribution in [0.15, 0.2) is 10.5 Å². The van der Waals surface area contributed by atoms with E-state index in [-0.39, 0.29) is 6.04 Å². The molecule has 2 aromatic rings. The normalized spacial score (nSPS) is 13.1. The van der Waals surface area contributed by atoms with E-state index >= 15 is 0 Å². The quantitative estimate of drug-likeness (QED) is 0.868. The molecule has 0 bridgehead atoms. The first-order chi connectivity index (χ1) is 7.49. The van der Waals surface area contributed by atoms with Gasteiger partial charge >= 0.3 is 0 Å². The summed E-state index contributed by atoms with van der Waals surface area (Å²) in [7, 11) is 0. The number of aryl methyl sites for hydroxylation is 1. The minimum Gasteiger partial charge on any atom is -0.323 e. The lowest BCUT2D eigenvalue weighted by molar-refractivity contribution is 0.825. The maximum Gasteiger partial charge on any atom is 0.134 e. The van der Waals surface area contributed by atoms with Crippen molar-refractivity contribution in [2.24, 2.45) is 5.73 Å². The number of hydrogen-bond acceptors (Lipinski definition) is 4. The third-order valence-electron chi connectivity index (χ3n) is 2.10. The Bertz CT molecular complexity index is 499. The summed E-state index contributed by atoms with van der Waals surface area (Å²) in [4.78, 5) is 6.74. The van der Waals surface area contributed by atoms with Crippen molar-refractivity contribution in [2.45, 2.75) is 19.9 Å². The van der Waals surface area contributed by atoms with Gasteiger partial charge in [0, 0.05) is 15.4 Å². The van der Waals surface area contributed by atoms with E-state index in [2.05, 4.69) is 20.9 Å². The van der Waals surface area contributed by atoms with Gasteiger partial charge in [0.25, 0.3) is 0 Å². The van der Waals surface area contributed by atoms with Gasteiger partial charge in [-0.3, -0.25) is 0 Å². The lowest BCUT2D eigenvalue weighted by atomic mass is 10.2. The van der Waals surface area contributed by atoms with Crippen molar-refractivity contribution in [2.75, 3.05) is 0 Å². The number of nitrogens with two attached hydrogens (primary N) is 1. The summed E-state index contributed by atoms with van der Waals surface area (Å²) >= 11 is 12.6. The third kappa shape index (κ3) is 2.33. The van der Waals surface area contributed by atoms with Gasteiger partial charge in [-0.05, 0) is 35.8 Å². The number of thiophene rings is 1. The van der Waals surface area contributed by atoms with Gasteiger partial charge < -0.3 is 5.73 Å². The zero-order chi connectivity index (χ0) is 11.9. The molecule has 16 heavy (non-hydrogen) atoms. The highest BCUT2D eigenvalue weighted by atomic mass is 79.9. The maximum atomic E-state index is 6.01. The maximum absolute atomic E-state index is 6.01. The van der Waals surface area contributed by atoms with Gasteiger partial charge in [-0.2, -0.15) is 0 Å². The van der Waals surface area contributed by atoms with Crippen molar-refractivity contribution >= 4 is 50.2 Å². The van der Waals surface area contributed by atoms with Gasteiger partial charge in [0.15, 0.2) is 0 Å². The Balaban J connectivity index is 2.45. The smallest absolute Gasteiger partial charge is 0.134 e. The molecular formula is C10H10BrClN2S2. The Morgan fingerprint density at radius 3 is 2.62 bits per heavy atom. The van der Waals surface area contributed by atoms with Crippen molar-refractivity contribution < 1.29 is 0 Å². The van der Waals surface area contributed by atoms with Crippen LogP contribution in [-0.4, -0.2) is 4.98 Å². The molecule has 2 aromatic heterocycles. The van der Waals surface area contributed by atoms with Gasteiger partial charge in [-0.15, -0.1) is 22.7 Å². The highest BCUT2D eigenvalue weighted by Crippen LogP contribution is 2.40. The van der Waals surface area contributed by atoms with Crippen LogP contribution < -0.4 is 5.73 Å². The molecule has 0 fully saturated rings. The predicted molar refractivity (Wildman–Crippen MR) is 75.5 cm³/mol. The van der Waals surface area contributed by atoms with Crippen LogP contribution in [-0.2, 0) is 0 Å². The minimum atomic E-state index is 0.0325. The molecule has 2 rings (SSSR count). The first kappa shape index (κ1) is 12.5. The molecule has 0 spiro atoms. The second-order valence-corrected chi connectivity index (χ2v) is 7.03. The second kappa shape index (κ2) is 4.74. The molecule has 0 aromatic carbocycles. The van der Waals surface area contributed by atoms with Crippen LogP contribution in [0.2, 0.25) is 4.34 Å². The lowest BCUT2D eigenvalue weighted by Crippen LogP contribution is -2.03. The molecule has 2 heterocycles. The van der Waals surface area contributed by atoms with E-state index in [1.807, 2.05) is 19.9 Å². The summed E-state index contributed by atoms with van der Waals surface area (Å²) in [6.45, 7) is 3.96. The topological polar surface area (TPSA) is 38.9 Å². The summed E-state index contributed by atoms with van der Waals surface area (Å²) in [6, 6.07) is 2.03. The van der Waals surface area contributed by atoms with Crippen molar-refractivity contribution in [3.05, 3.63) is 25.4 Å². The minimum absolute atomic E-state index is 0.0325.